The second kappa shape index (κ2) is 5.21. The van der Waals surface area contributed by atoms with E-state index in [9.17, 15) is 0 Å². The predicted octanol–water partition coefficient (Wildman–Crippen LogP) is 4.54. The highest BCUT2D eigenvalue weighted by atomic mass is 79.9. The standard InChI is InChI=1S/C11H8BrCl2NO/c12-7-1-2-8(9(14)5-7)10-6-15-11(16-10)3-4-13/h1-2,5-6H,3-4H2. The van der Waals surface area contributed by atoms with Gasteiger partial charge < -0.3 is 4.42 Å². The van der Waals surface area contributed by atoms with E-state index in [0.29, 0.717) is 29.0 Å². The van der Waals surface area contributed by atoms with Crippen molar-refractivity contribution in [2.24, 2.45) is 0 Å². The van der Waals surface area contributed by atoms with Crippen LogP contribution in [0.15, 0.2) is 33.3 Å². The summed E-state index contributed by atoms with van der Waals surface area (Å²) in [7, 11) is 0. The summed E-state index contributed by atoms with van der Waals surface area (Å²) in [6.07, 6.45) is 2.28. The maximum atomic E-state index is 6.11. The summed E-state index contributed by atoms with van der Waals surface area (Å²) in [6.45, 7) is 0. The van der Waals surface area contributed by atoms with Gasteiger partial charge in [-0.3, -0.25) is 0 Å². The monoisotopic (exact) mass is 319 g/mol. The lowest BCUT2D eigenvalue weighted by Gasteiger charge is -2.00. The number of oxazole rings is 1. The summed E-state index contributed by atoms with van der Waals surface area (Å²) in [6, 6.07) is 5.61. The fourth-order valence-corrected chi connectivity index (χ4v) is 2.25. The molecular weight excluding hydrogens is 313 g/mol. The molecule has 0 aliphatic rings. The highest BCUT2D eigenvalue weighted by molar-refractivity contribution is 9.10. The van der Waals surface area contributed by atoms with E-state index >= 15 is 0 Å². The highest BCUT2D eigenvalue weighted by Gasteiger charge is 2.09. The van der Waals surface area contributed by atoms with Crippen LogP contribution in [0.25, 0.3) is 11.3 Å². The van der Waals surface area contributed by atoms with Crippen LogP contribution in [0.3, 0.4) is 0 Å². The largest absolute Gasteiger partial charge is 0.441 e. The minimum atomic E-state index is 0.494. The first-order chi connectivity index (χ1) is 7.70. The van der Waals surface area contributed by atoms with Crippen LogP contribution in [-0.2, 0) is 6.42 Å². The lowest BCUT2D eigenvalue weighted by molar-refractivity contribution is 0.515. The van der Waals surface area contributed by atoms with Crippen LogP contribution in [-0.4, -0.2) is 10.9 Å². The van der Waals surface area contributed by atoms with Gasteiger partial charge in [-0.2, -0.15) is 0 Å². The third-order valence-electron chi connectivity index (χ3n) is 2.06. The SMILES string of the molecule is ClCCc1ncc(-c2ccc(Br)cc2Cl)o1. The molecule has 0 spiro atoms. The van der Waals surface area contributed by atoms with Crippen LogP contribution in [0, 0.1) is 0 Å². The first-order valence-electron chi connectivity index (χ1n) is 4.67. The van der Waals surface area contributed by atoms with E-state index in [4.69, 9.17) is 27.6 Å². The van der Waals surface area contributed by atoms with Crippen molar-refractivity contribution in [2.45, 2.75) is 6.42 Å². The Morgan fingerprint density at radius 2 is 2.19 bits per heavy atom. The van der Waals surface area contributed by atoms with E-state index in [2.05, 4.69) is 20.9 Å². The number of benzene rings is 1. The van der Waals surface area contributed by atoms with Crippen LogP contribution in [0.1, 0.15) is 5.89 Å². The minimum Gasteiger partial charge on any atom is -0.441 e. The van der Waals surface area contributed by atoms with Crippen LogP contribution in [0.4, 0.5) is 0 Å². The molecule has 2 aromatic rings. The second-order valence-electron chi connectivity index (χ2n) is 3.18. The van der Waals surface area contributed by atoms with Crippen LogP contribution in [0.5, 0.6) is 0 Å². The van der Waals surface area contributed by atoms with E-state index < -0.39 is 0 Å². The molecule has 0 saturated heterocycles. The first-order valence-corrected chi connectivity index (χ1v) is 6.37. The van der Waals surface area contributed by atoms with Crippen molar-refractivity contribution < 1.29 is 4.42 Å². The van der Waals surface area contributed by atoms with Gasteiger partial charge in [-0.05, 0) is 18.2 Å². The number of hydrogen-bond donors (Lipinski definition) is 0. The average molecular weight is 321 g/mol. The number of halogens is 3. The zero-order valence-electron chi connectivity index (χ0n) is 8.21. The van der Waals surface area contributed by atoms with Crippen LogP contribution >= 0.6 is 39.1 Å². The Hall–Kier alpha value is -0.510. The van der Waals surface area contributed by atoms with E-state index in [0.717, 1.165) is 10.0 Å². The van der Waals surface area contributed by atoms with Gasteiger partial charge in [0.2, 0.25) is 0 Å². The summed E-state index contributed by atoms with van der Waals surface area (Å²) >= 11 is 15.1. The Bertz CT molecular complexity index is 498. The smallest absolute Gasteiger partial charge is 0.196 e. The number of aromatic nitrogens is 1. The number of nitrogens with zero attached hydrogens (tertiary/aromatic N) is 1. The van der Waals surface area contributed by atoms with Crippen molar-refractivity contribution >= 4 is 39.1 Å². The molecule has 0 atom stereocenters. The molecule has 1 heterocycles. The third kappa shape index (κ3) is 2.59. The molecule has 0 amide bonds. The number of hydrogen-bond acceptors (Lipinski definition) is 2. The Kier molecular flexibility index (Phi) is 3.90. The molecule has 0 N–H and O–H groups in total. The third-order valence-corrected chi connectivity index (χ3v) is 3.05. The van der Waals surface area contributed by atoms with E-state index in [1.165, 1.54) is 0 Å². The summed E-state index contributed by atoms with van der Waals surface area (Å²) in [5, 5.41) is 0.628. The molecule has 0 saturated carbocycles. The number of alkyl halides is 1. The van der Waals surface area contributed by atoms with E-state index in [1.54, 1.807) is 6.20 Å². The van der Waals surface area contributed by atoms with Gasteiger partial charge in [-0.25, -0.2) is 4.98 Å². The molecule has 84 valence electrons. The number of rotatable bonds is 3. The van der Waals surface area contributed by atoms with Crippen molar-refractivity contribution in [2.75, 3.05) is 5.88 Å². The molecule has 0 radical (unpaired) electrons. The van der Waals surface area contributed by atoms with Gasteiger partial charge in [-0.15, -0.1) is 11.6 Å². The Balaban J connectivity index is 2.35. The molecule has 0 bridgehead atoms. The molecule has 2 nitrogen and oxygen atoms in total. The predicted molar refractivity (Wildman–Crippen MR) is 69.1 cm³/mol. The zero-order chi connectivity index (χ0) is 11.5. The van der Waals surface area contributed by atoms with Gasteiger partial charge in [0, 0.05) is 22.3 Å². The molecule has 16 heavy (non-hydrogen) atoms. The van der Waals surface area contributed by atoms with Gasteiger partial charge >= 0.3 is 0 Å². The fourth-order valence-electron chi connectivity index (χ4n) is 1.32. The molecule has 0 aliphatic carbocycles. The summed E-state index contributed by atoms with van der Waals surface area (Å²) in [5.41, 5.74) is 0.832. The zero-order valence-corrected chi connectivity index (χ0v) is 11.3. The quantitative estimate of drug-likeness (QED) is 0.776. The summed E-state index contributed by atoms with van der Waals surface area (Å²) < 4.78 is 6.47. The topological polar surface area (TPSA) is 26.0 Å². The summed E-state index contributed by atoms with van der Waals surface area (Å²) in [5.74, 6) is 1.79. The molecule has 1 aromatic carbocycles. The molecule has 0 aliphatic heterocycles. The first kappa shape index (κ1) is 12.0. The molecular formula is C11H8BrCl2NO. The fraction of sp³-hybridized carbons (Fsp3) is 0.182. The Morgan fingerprint density at radius 3 is 2.88 bits per heavy atom. The van der Waals surface area contributed by atoms with Gasteiger partial charge in [0.15, 0.2) is 11.7 Å². The maximum Gasteiger partial charge on any atom is 0.196 e. The van der Waals surface area contributed by atoms with Gasteiger partial charge in [0.25, 0.3) is 0 Å². The van der Waals surface area contributed by atoms with Crippen molar-refractivity contribution in [3.8, 4) is 11.3 Å². The highest BCUT2D eigenvalue weighted by Crippen LogP contribution is 2.30. The molecule has 1 aromatic heterocycles. The normalized spacial score (nSPS) is 10.7. The lowest BCUT2D eigenvalue weighted by Crippen LogP contribution is -1.83. The molecule has 0 fully saturated rings. The van der Waals surface area contributed by atoms with Crippen molar-refractivity contribution in [3.05, 3.63) is 39.8 Å². The van der Waals surface area contributed by atoms with Gasteiger partial charge in [0.05, 0.1) is 11.2 Å². The van der Waals surface area contributed by atoms with Gasteiger partial charge in [-0.1, -0.05) is 27.5 Å². The second-order valence-corrected chi connectivity index (χ2v) is 4.88. The molecule has 5 heteroatoms. The van der Waals surface area contributed by atoms with Crippen LogP contribution < -0.4 is 0 Å². The van der Waals surface area contributed by atoms with Crippen molar-refractivity contribution in [1.29, 1.82) is 0 Å². The van der Waals surface area contributed by atoms with Crippen molar-refractivity contribution in [3.63, 3.8) is 0 Å². The molecule has 0 unspecified atom stereocenters. The Labute approximate surface area is 112 Å². The van der Waals surface area contributed by atoms with E-state index in [-0.39, 0.29) is 0 Å². The van der Waals surface area contributed by atoms with Crippen molar-refractivity contribution in [1.82, 2.24) is 4.98 Å². The van der Waals surface area contributed by atoms with E-state index in [1.807, 2.05) is 18.2 Å². The maximum absolute atomic E-state index is 6.11. The number of aryl methyl sites for hydroxylation is 1. The minimum absolute atomic E-state index is 0.494. The lowest BCUT2D eigenvalue weighted by atomic mass is 10.2. The van der Waals surface area contributed by atoms with Crippen LogP contribution in [0.2, 0.25) is 5.02 Å². The average Bonchev–Trinajstić information content (AvgIpc) is 2.67. The summed E-state index contributed by atoms with van der Waals surface area (Å²) in [4.78, 5) is 4.12. The van der Waals surface area contributed by atoms with Gasteiger partial charge in [0.1, 0.15) is 0 Å². The Morgan fingerprint density at radius 1 is 1.38 bits per heavy atom. The molecule has 2 rings (SSSR count).